The van der Waals surface area contributed by atoms with Gasteiger partial charge in [0.2, 0.25) is 0 Å². The maximum Gasteiger partial charge on any atom is 0.176 e. The molecule has 2 aromatic rings. The largest absolute Gasteiger partial charge is 0.377 e. The molecule has 0 radical (unpaired) electrons. The molecular weight excluding hydrogens is 230 g/mol. The zero-order chi connectivity index (χ0) is 12.1. The zero-order valence-corrected chi connectivity index (χ0v) is 10.3. The molecule has 0 N–H and O–H groups in total. The van der Waals surface area contributed by atoms with Gasteiger partial charge >= 0.3 is 0 Å². The van der Waals surface area contributed by atoms with Gasteiger partial charge in [0.05, 0.1) is 25.3 Å². The first-order valence-electron chi connectivity index (χ1n) is 6.38. The van der Waals surface area contributed by atoms with Crippen LogP contribution in [0.4, 0.5) is 5.82 Å². The van der Waals surface area contributed by atoms with Crippen LogP contribution in [0.2, 0.25) is 0 Å². The van der Waals surface area contributed by atoms with E-state index in [2.05, 4.69) is 20.1 Å². The smallest absolute Gasteiger partial charge is 0.176 e. The molecule has 2 aliphatic heterocycles. The van der Waals surface area contributed by atoms with Crippen molar-refractivity contribution in [3.63, 3.8) is 0 Å². The Labute approximate surface area is 105 Å². The van der Waals surface area contributed by atoms with E-state index in [-0.39, 0.29) is 0 Å². The summed E-state index contributed by atoms with van der Waals surface area (Å²) in [6.45, 7) is 3.51. The van der Waals surface area contributed by atoms with Crippen molar-refractivity contribution in [2.24, 2.45) is 0 Å². The standard InChI is InChI=1S/C12H15N5O/c1-8-13-11-4-5-12(15-17(11)14-8)16-9-2-3-10(16)7-18-6-9/h4-5,9-10H,2-3,6-7H2,1H3. The van der Waals surface area contributed by atoms with Crippen molar-refractivity contribution in [2.45, 2.75) is 31.8 Å². The van der Waals surface area contributed by atoms with E-state index < -0.39 is 0 Å². The first-order chi connectivity index (χ1) is 8.81. The normalized spacial score (nSPS) is 27.1. The third kappa shape index (κ3) is 1.42. The third-order valence-electron chi connectivity index (χ3n) is 3.80. The summed E-state index contributed by atoms with van der Waals surface area (Å²) in [5.74, 6) is 1.74. The molecule has 2 aliphatic rings. The van der Waals surface area contributed by atoms with Crippen LogP contribution in [0.15, 0.2) is 12.1 Å². The van der Waals surface area contributed by atoms with Gasteiger partial charge in [-0.3, -0.25) is 0 Å². The number of aryl methyl sites for hydroxylation is 1. The summed E-state index contributed by atoms with van der Waals surface area (Å²) in [6.07, 6.45) is 2.39. The van der Waals surface area contributed by atoms with Crippen LogP contribution < -0.4 is 4.90 Å². The zero-order valence-electron chi connectivity index (χ0n) is 10.3. The highest BCUT2D eigenvalue weighted by Crippen LogP contribution is 2.32. The molecule has 2 aromatic heterocycles. The molecule has 4 rings (SSSR count). The number of rotatable bonds is 1. The molecule has 4 heterocycles. The second-order valence-corrected chi connectivity index (χ2v) is 5.03. The molecule has 18 heavy (non-hydrogen) atoms. The fourth-order valence-electron chi connectivity index (χ4n) is 3.02. The van der Waals surface area contributed by atoms with E-state index in [9.17, 15) is 0 Å². The van der Waals surface area contributed by atoms with Crippen molar-refractivity contribution in [1.82, 2.24) is 19.8 Å². The van der Waals surface area contributed by atoms with E-state index in [4.69, 9.17) is 4.74 Å². The molecular formula is C12H15N5O. The number of aromatic nitrogens is 4. The van der Waals surface area contributed by atoms with Gasteiger partial charge in [0.15, 0.2) is 11.5 Å². The van der Waals surface area contributed by atoms with E-state index in [1.165, 1.54) is 12.8 Å². The number of nitrogens with zero attached hydrogens (tertiary/aromatic N) is 5. The summed E-state index contributed by atoms with van der Waals surface area (Å²) < 4.78 is 7.22. The summed E-state index contributed by atoms with van der Waals surface area (Å²) in [6, 6.07) is 4.97. The monoisotopic (exact) mass is 245 g/mol. The summed E-state index contributed by atoms with van der Waals surface area (Å²) >= 11 is 0. The first kappa shape index (κ1) is 10.3. The lowest BCUT2D eigenvalue weighted by Gasteiger charge is -2.35. The number of morpholine rings is 1. The van der Waals surface area contributed by atoms with Crippen LogP contribution in [0.25, 0.3) is 5.65 Å². The van der Waals surface area contributed by atoms with Gasteiger partial charge in [0.25, 0.3) is 0 Å². The molecule has 94 valence electrons. The SMILES string of the molecule is Cc1nc2ccc(N3C4CCC3COC4)nn2n1. The molecule has 6 nitrogen and oxygen atoms in total. The van der Waals surface area contributed by atoms with Crippen molar-refractivity contribution < 1.29 is 4.74 Å². The molecule has 0 amide bonds. The van der Waals surface area contributed by atoms with Gasteiger partial charge in [0.1, 0.15) is 5.82 Å². The van der Waals surface area contributed by atoms with Crippen LogP contribution in [0.1, 0.15) is 18.7 Å². The Bertz CT molecular complexity index is 579. The maximum atomic E-state index is 5.60. The highest BCUT2D eigenvalue weighted by molar-refractivity contribution is 5.48. The predicted octanol–water partition coefficient (Wildman–Crippen LogP) is 0.800. The molecule has 6 heteroatoms. The quantitative estimate of drug-likeness (QED) is 0.744. The van der Waals surface area contributed by atoms with Crippen molar-refractivity contribution in [3.05, 3.63) is 18.0 Å². The van der Waals surface area contributed by atoms with Crippen molar-refractivity contribution in [1.29, 1.82) is 0 Å². The molecule has 2 bridgehead atoms. The van der Waals surface area contributed by atoms with Gasteiger partial charge in [-0.1, -0.05) is 0 Å². The molecule has 0 aromatic carbocycles. The average molecular weight is 245 g/mol. The molecule has 2 unspecified atom stereocenters. The number of anilines is 1. The average Bonchev–Trinajstić information content (AvgIpc) is 2.85. The molecule has 2 atom stereocenters. The van der Waals surface area contributed by atoms with Gasteiger partial charge in [0, 0.05) is 0 Å². The lowest BCUT2D eigenvalue weighted by atomic mass is 10.2. The number of hydrogen-bond donors (Lipinski definition) is 0. The maximum absolute atomic E-state index is 5.60. The minimum Gasteiger partial charge on any atom is -0.377 e. The highest BCUT2D eigenvalue weighted by Gasteiger charge is 2.38. The Balaban J connectivity index is 1.77. The fraction of sp³-hybridized carbons (Fsp3) is 0.583. The van der Waals surface area contributed by atoms with Gasteiger partial charge < -0.3 is 9.64 Å². The van der Waals surface area contributed by atoms with Crippen LogP contribution in [-0.4, -0.2) is 45.1 Å². The predicted molar refractivity (Wildman–Crippen MR) is 65.6 cm³/mol. The summed E-state index contributed by atoms with van der Waals surface area (Å²) in [7, 11) is 0. The minimum absolute atomic E-state index is 0.471. The molecule has 0 saturated carbocycles. The van der Waals surface area contributed by atoms with E-state index >= 15 is 0 Å². The second-order valence-electron chi connectivity index (χ2n) is 5.03. The topological polar surface area (TPSA) is 55.5 Å². The van der Waals surface area contributed by atoms with Crippen LogP contribution in [-0.2, 0) is 4.74 Å². The fourth-order valence-corrected chi connectivity index (χ4v) is 3.02. The van der Waals surface area contributed by atoms with Gasteiger partial charge in [-0.05, 0) is 31.9 Å². The number of hydrogen-bond acceptors (Lipinski definition) is 5. The number of fused-ring (bicyclic) bond motifs is 3. The van der Waals surface area contributed by atoms with E-state index in [1.54, 1.807) is 4.63 Å². The van der Waals surface area contributed by atoms with E-state index in [0.717, 1.165) is 30.5 Å². The van der Waals surface area contributed by atoms with Gasteiger partial charge in [-0.15, -0.1) is 14.8 Å². The number of ether oxygens (including phenoxy) is 1. The Kier molecular flexibility index (Phi) is 2.08. The van der Waals surface area contributed by atoms with Crippen LogP contribution in [0.3, 0.4) is 0 Å². The Hall–Kier alpha value is -1.69. The van der Waals surface area contributed by atoms with E-state index in [0.29, 0.717) is 12.1 Å². The van der Waals surface area contributed by atoms with Gasteiger partial charge in [-0.2, -0.15) is 0 Å². The van der Waals surface area contributed by atoms with Crippen LogP contribution in [0, 0.1) is 6.92 Å². The van der Waals surface area contributed by atoms with Crippen molar-refractivity contribution in [2.75, 3.05) is 18.1 Å². The molecule has 2 saturated heterocycles. The summed E-state index contributed by atoms with van der Waals surface area (Å²) in [5, 5.41) is 8.85. The van der Waals surface area contributed by atoms with Crippen LogP contribution >= 0.6 is 0 Å². The lowest BCUT2D eigenvalue weighted by Crippen LogP contribution is -2.46. The first-order valence-corrected chi connectivity index (χ1v) is 6.38. The van der Waals surface area contributed by atoms with Crippen LogP contribution in [0.5, 0.6) is 0 Å². The second kappa shape index (κ2) is 3.65. The van der Waals surface area contributed by atoms with Crippen molar-refractivity contribution in [3.8, 4) is 0 Å². The van der Waals surface area contributed by atoms with Gasteiger partial charge in [-0.25, -0.2) is 4.98 Å². The summed E-state index contributed by atoms with van der Waals surface area (Å²) in [5.41, 5.74) is 0.803. The Morgan fingerprint density at radius 1 is 1.17 bits per heavy atom. The lowest BCUT2D eigenvalue weighted by molar-refractivity contribution is 0.0901. The molecule has 0 spiro atoms. The van der Waals surface area contributed by atoms with E-state index in [1.807, 2.05) is 19.1 Å². The summed E-state index contributed by atoms with van der Waals surface area (Å²) in [4.78, 5) is 6.69. The minimum atomic E-state index is 0.471. The Morgan fingerprint density at radius 2 is 1.94 bits per heavy atom. The Morgan fingerprint density at radius 3 is 2.72 bits per heavy atom. The third-order valence-corrected chi connectivity index (χ3v) is 3.80. The molecule has 0 aliphatic carbocycles. The highest BCUT2D eigenvalue weighted by atomic mass is 16.5. The molecule has 2 fully saturated rings. The van der Waals surface area contributed by atoms with Crippen molar-refractivity contribution >= 4 is 11.5 Å².